The fourth-order valence-corrected chi connectivity index (χ4v) is 6.81. The molecule has 4 heteroatoms. The van der Waals surface area contributed by atoms with Crippen LogP contribution in [0.1, 0.15) is 44.9 Å². The van der Waals surface area contributed by atoms with Crippen molar-refractivity contribution in [2.24, 2.45) is 47.3 Å². The minimum Gasteiger partial charge on any atom is -0.481 e. The molecule has 5 saturated carbocycles. The van der Waals surface area contributed by atoms with Gasteiger partial charge in [0, 0.05) is 19.0 Å². The van der Waals surface area contributed by atoms with E-state index < -0.39 is 5.97 Å². The molecular formula is C19H27NO3. The molecule has 1 saturated heterocycles. The van der Waals surface area contributed by atoms with Crippen molar-refractivity contribution in [2.75, 3.05) is 13.1 Å². The predicted octanol–water partition coefficient (Wildman–Crippen LogP) is 2.63. The maximum Gasteiger partial charge on any atom is 0.308 e. The molecule has 0 unspecified atom stereocenters. The Morgan fingerprint density at radius 1 is 0.826 bits per heavy atom. The van der Waals surface area contributed by atoms with Crippen molar-refractivity contribution in [1.29, 1.82) is 0 Å². The number of carbonyl (C=O) groups excluding carboxylic acids is 1. The van der Waals surface area contributed by atoms with Gasteiger partial charge in [-0.15, -0.1) is 0 Å². The molecule has 6 fully saturated rings. The number of nitrogens with zero attached hydrogens (tertiary/aromatic N) is 1. The minimum absolute atomic E-state index is 0.216. The highest BCUT2D eigenvalue weighted by atomic mass is 16.4. The van der Waals surface area contributed by atoms with Crippen molar-refractivity contribution in [1.82, 2.24) is 4.90 Å². The second-order valence-electron chi connectivity index (χ2n) is 9.15. The quantitative estimate of drug-likeness (QED) is 0.870. The summed E-state index contributed by atoms with van der Waals surface area (Å²) in [5.41, 5.74) is 0. The molecule has 0 aromatic heterocycles. The molecule has 5 aliphatic carbocycles. The van der Waals surface area contributed by atoms with Crippen molar-refractivity contribution in [2.45, 2.75) is 44.9 Å². The molecule has 1 aliphatic heterocycles. The molecule has 0 aromatic rings. The van der Waals surface area contributed by atoms with Crippen LogP contribution in [0.25, 0.3) is 0 Å². The summed E-state index contributed by atoms with van der Waals surface area (Å²) in [6.45, 7) is 1.18. The number of amides is 1. The van der Waals surface area contributed by atoms with E-state index in [9.17, 15) is 14.7 Å². The minimum atomic E-state index is -0.692. The third-order valence-corrected chi connectivity index (χ3v) is 7.73. The largest absolute Gasteiger partial charge is 0.481 e. The number of likely N-dealkylation sites (tertiary alicyclic amines) is 1. The molecule has 126 valence electrons. The molecule has 23 heavy (non-hydrogen) atoms. The number of hydrogen-bond donors (Lipinski definition) is 1. The van der Waals surface area contributed by atoms with Gasteiger partial charge in [0.05, 0.1) is 5.92 Å². The van der Waals surface area contributed by atoms with Crippen LogP contribution in [-0.2, 0) is 9.59 Å². The maximum atomic E-state index is 13.2. The molecule has 1 heterocycles. The van der Waals surface area contributed by atoms with E-state index >= 15 is 0 Å². The van der Waals surface area contributed by atoms with Crippen LogP contribution in [-0.4, -0.2) is 35.0 Å². The summed E-state index contributed by atoms with van der Waals surface area (Å²) in [5, 5.41) is 9.53. The number of hydrogen-bond acceptors (Lipinski definition) is 2. The molecule has 4 bridgehead atoms. The topological polar surface area (TPSA) is 57.6 Å². The van der Waals surface area contributed by atoms with E-state index in [2.05, 4.69) is 0 Å². The highest BCUT2D eigenvalue weighted by Crippen LogP contribution is 2.57. The zero-order chi connectivity index (χ0) is 15.7. The summed E-state index contributed by atoms with van der Waals surface area (Å²) in [6.07, 6.45) is 8.75. The monoisotopic (exact) mass is 317 g/mol. The van der Waals surface area contributed by atoms with Crippen LogP contribution in [0.5, 0.6) is 0 Å². The van der Waals surface area contributed by atoms with Crippen LogP contribution in [0.4, 0.5) is 0 Å². The van der Waals surface area contributed by atoms with E-state index in [0.29, 0.717) is 36.8 Å². The van der Waals surface area contributed by atoms with Gasteiger partial charge in [-0.2, -0.15) is 0 Å². The predicted molar refractivity (Wildman–Crippen MR) is 84.5 cm³/mol. The molecule has 4 nitrogen and oxygen atoms in total. The van der Waals surface area contributed by atoms with Gasteiger partial charge in [-0.25, -0.2) is 0 Å². The molecule has 1 amide bonds. The Labute approximate surface area is 137 Å². The summed E-state index contributed by atoms with van der Waals surface area (Å²) in [5.74, 6) is 3.26. The Balaban J connectivity index is 1.34. The van der Waals surface area contributed by atoms with Crippen LogP contribution in [0.2, 0.25) is 0 Å². The lowest BCUT2D eigenvalue weighted by molar-refractivity contribution is -0.148. The molecule has 2 atom stereocenters. The lowest BCUT2D eigenvalue weighted by Crippen LogP contribution is -2.51. The third-order valence-electron chi connectivity index (χ3n) is 7.73. The Morgan fingerprint density at radius 3 is 1.96 bits per heavy atom. The number of carboxylic acid groups (broad SMARTS) is 1. The Hall–Kier alpha value is -1.06. The summed E-state index contributed by atoms with van der Waals surface area (Å²) >= 11 is 0. The van der Waals surface area contributed by atoms with Gasteiger partial charge in [0.25, 0.3) is 0 Å². The first kappa shape index (κ1) is 14.3. The Morgan fingerprint density at radius 2 is 1.43 bits per heavy atom. The molecule has 6 aliphatic rings. The smallest absolute Gasteiger partial charge is 0.308 e. The van der Waals surface area contributed by atoms with E-state index in [-0.39, 0.29) is 17.8 Å². The van der Waals surface area contributed by atoms with Crippen molar-refractivity contribution in [3.63, 3.8) is 0 Å². The lowest BCUT2D eigenvalue weighted by atomic mass is 9.51. The molecule has 0 spiro atoms. The van der Waals surface area contributed by atoms with Gasteiger partial charge < -0.3 is 10.0 Å². The number of carboxylic acids is 1. The number of rotatable bonds is 3. The van der Waals surface area contributed by atoms with Gasteiger partial charge in [-0.1, -0.05) is 0 Å². The summed E-state index contributed by atoms with van der Waals surface area (Å²) in [4.78, 5) is 26.8. The molecule has 0 radical (unpaired) electrons. The maximum absolute atomic E-state index is 13.2. The molecule has 0 aromatic carbocycles. The van der Waals surface area contributed by atoms with E-state index in [1.165, 1.54) is 32.1 Å². The standard InChI is InChI=1S/C19H27NO3/c21-18(17-13-4-10-3-11(6-13)7-14(17)5-10)20-8-15(12-1-2-12)16(9-20)19(22)23/h10-17H,1-9H2,(H,22,23)/t10?,11?,13?,14?,15-,16+,17?/m1/s1. The number of aliphatic carboxylic acids is 1. The second kappa shape index (κ2) is 4.97. The van der Waals surface area contributed by atoms with Crippen LogP contribution in [0, 0.1) is 47.3 Å². The molecule has 1 N–H and O–H groups in total. The average Bonchev–Trinajstić information content (AvgIpc) is 3.24. The summed E-state index contributed by atoms with van der Waals surface area (Å²) < 4.78 is 0. The van der Waals surface area contributed by atoms with Gasteiger partial charge in [0.1, 0.15) is 0 Å². The first-order chi connectivity index (χ1) is 11.1. The van der Waals surface area contributed by atoms with Gasteiger partial charge in [0.15, 0.2) is 0 Å². The molecule has 6 rings (SSSR count). The van der Waals surface area contributed by atoms with E-state index in [1.807, 2.05) is 4.90 Å². The van der Waals surface area contributed by atoms with Gasteiger partial charge >= 0.3 is 5.97 Å². The lowest BCUT2D eigenvalue weighted by Gasteiger charge is -2.54. The van der Waals surface area contributed by atoms with Crippen LogP contribution < -0.4 is 0 Å². The SMILES string of the molecule is O=C(O)[C@H]1CN(C(=O)C2C3CC4CC(C3)CC2C4)C[C@@H]1C1CC1. The molecular weight excluding hydrogens is 290 g/mol. The third kappa shape index (κ3) is 2.24. The summed E-state index contributed by atoms with van der Waals surface area (Å²) in [6, 6.07) is 0. The average molecular weight is 317 g/mol. The number of carbonyl (C=O) groups is 2. The van der Waals surface area contributed by atoms with Crippen LogP contribution >= 0.6 is 0 Å². The normalized spacial score (nSPS) is 48.0. The summed E-state index contributed by atoms with van der Waals surface area (Å²) in [7, 11) is 0. The van der Waals surface area contributed by atoms with E-state index in [4.69, 9.17) is 0 Å². The first-order valence-corrected chi connectivity index (χ1v) is 9.61. The second-order valence-corrected chi connectivity index (χ2v) is 9.15. The van der Waals surface area contributed by atoms with Gasteiger partial charge in [0.2, 0.25) is 5.91 Å². The van der Waals surface area contributed by atoms with Gasteiger partial charge in [-0.05, 0) is 80.5 Å². The van der Waals surface area contributed by atoms with Crippen molar-refractivity contribution in [3.8, 4) is 0 Å². The van der Waals surface area contributed by atoms with Crippen LogP contribution in [0.15, 0.2) is 0 Å². The fraction of sp³-hybridized carbons (Fsp3) is 0.895. The van der Waals surface area contributed by atoms with Crippen molar-refractivity contribution >= 4 is 11.9 Å². The highest BCUT2D eigenvalue weighted by molar-refractivity contribution is 5.82. The van der Waals surface area contributed by atoms with E-state index in [0.717, 1.165) is 24.7 Å². The van der Waals surface area contributed by atoms with Crippen molar-refractivity contribution in [3.05, 3.63) is 0 Å². The zero-order valence-corrected chi connectivity index (χ0v) is 13.7. The first-order valence-electron chi connectivity index (χ1n) is 9.61. The van der Waals surface area contributed by atoms with Crippen molar-refractivity contribution < 1.29 is 14.7 Å². The zero-order valence-electron chi connectivity index (χ0n) is 13.7. The van der Waals surface area contributed by atoms with Gasteiger partial charge in [-0.3, -0.25) is 9.59 Å². The Kier molecular flexibility index (Phi) is 3.09. The van der Waals surface area contributed by atoms with E-state index in [1.54, 1.807) is 0 Å². The Bertz CT molecular complexity index is 513. The fourth-order valence-electron chi connectivity index (χ4n) is 6.81. The highest BCUT2D eigenvalue weighted by Gasteiger charge is 2.54. The van der Waals surface area contributed by atoms with Crippen LogP contribution in [0.3, 0.4) is 0 Å².